The van der Waals surface area contributed by atoms with Gasteiger partial charge >= 0.3 is 5.69 Å². The fraction of sp³-hybridized carbons (Fsp3) is 0.133. The van der Waals surface area contributed by atoms with Crippen molar-refractivity contribution in [2.45, 2.75) is 6.54 Å². The Morgan fingerprint density at radius 3 is 2.73 bits per heavy atom. The van der Waals surface area contributed by atoms with Crippen LogP contribution in [0.5, 0.6) is 0 Å². The first-order valence-corrected chi connectivity index (χ1v) is 6.75. The van der Waals surface area contributed by atoms with E-state index in [1.807, 2.05) is 24.3 Å². The van der Waals surface area contributed by atoms with Crippen molar-refractivity contribution in [1.29, 1.82) is 0 Å². The van der Waals surface area contributed by atoms with Crippen LogP contribution in [0.2, 0.25) is 0 Å². The van der Waals surface area contributed by atoms with Crippen LogP contribution < -0.4 is 5.69 Å². The molecule has 0 aliphatic carbocycles. The lowest BCUT2D eigenvalue weighted by Gasteiger charge is -1.97. The van der Waals surface area contributed by atoms with E-state index in [2.05, 4.69) is 10.1 Å². The molecule has 0 N–H and O–H groups in total. The van der Waals surface area contributed by atoms with Crippen molar-refractivity contribution in [3.63, 3.8) is 0 Å². The Morgan fingerprint density at radius 1 is 1.14 bits per heavy atom. The van der Waals surface area contributed by atoms with Gasteiger partial charge in [0.25, 0.3) is 0 Å². The second-order valence-corrected chi connectivity index (χ2v) is 4.91. The molecule has 0 aliphatic heterocycles. The van der Waals surface area contributed by atoms with Gasteiger partial charge in [-0.05, 0) is 24.3 Å². The zero-order chi connectivity index (χ0) is 15.1. The molecule has 22 heavy (non-hydrogen) atoms. The first-order chi connectivity index (χ1) is 10.7. The van der Waals surface area contributed by atoms with Gasteiger partial charge in [-0.2, -0.15) is 4.98 Å². The molecule has 110 valence electrons. The van der Waals surface area contributed by atoms with Crippen LogP contribution in [0.25, 0.3) is 22.6 Å². The number of benzene rings is 1. The highest BCUT2D eigenvalue weighted by atomic mass is 16.5. The molecule has 0 amide bonds. The minimum absolute atomic E-state index is 0.126. The molecule has 1 aromatic carbocycles. The summed E-state index contributed by atoms with van der Waals surface area (Å²) >= 11 is 0. The van der Waals surface area contributed by atoms with E-state index in [1.165, 1.54) is 0 Å². The van der Waals surface area contributed by atoms with Gasteiger partial charge in [0.05, 0.1) is 17.3 Å². The van der Waals surface area contributed by atoms with E-state index in [4.69, 9.17) is 8.94 Å². The predicted molar refractivity (Wildman–Crippen MR) is 78.3 cm³/mol. The molecule has 0 aliphatic rings. The van der Waals surface area contributed by atoms with Crippen LogP contribution in [-0.2, 0) is 13.6 Å². The van der Waals surface area contributed by atoms with Gasteiger partial charge in [-0.3, -0.25) is 9.13 Å². The Kier molecular flexibility index (Phi) is 2.72. The molecule has 0 spiro atoms. The van der Waals surface area contributed by atoms with Gasteiger partial charge in [0.15, 0.2) is 5.76 Å². The molecule has 0 radical (unpaired) electrons. The Labute approximate surface area is 124 Å². The minimum atomic E-state index is -0.126. The fourth-order valence-electron chi connectivity index (χ4n) is 2.48. The lowest BCUT2D eigenvalue weighted by molar-refractivity contribution is 0.370. The van der Waals surface area contributed by atoms with Gasteiger partial charge in [-0.25, -0.2) is 4.79 Å². The second-order valence-electron chi connectivity index (χ2n) is 4.91. The van der Waals surface area contributed by atoms with Gasteiger partial charge in [-0.1, -0.05) is 17.3 Å². The van der Waals surface area contributed by atoms with Crippen molar-refractivity contribution in [3.8, 4) is 11.6 Å². The summed E-state index contributed by atoms with van der Waals surface area (Å²) in [5.41, 5.74) is 1.56. The van der Waals surface area contributed by atoms with Crippen LogP contribution in [0.1, 0.15) is 5.89 Å². The molecule has 3 heterocycles. The normalized spacial score (nSPS) is 11.3. The summed E-state index contributed by atoms with van der Waals surface area (Å²) in [5.74, 6) is 1.25. The lowest BCUT2D eigenvalue weighted by atomic mass is 10.3. The molecule has 3 aromatic heterocycles. The average Bonchev–Trinajstić information content (AvgIpc) is 3.25. The van der Waals surface area contributed by atoms with E-state index >= 15 is 0 Å². The molecule has 4 rings (SSSR count). The topological polar surface area (TPSA) is 79.0 Å². The molecule has 7 heteroatoms. The molecular formula is C15H12N4O3. The van der Waals surface area contributed by atoms with E-state index in [0.29, 0.717) is 17.5 Å². The summed E-state index contributed by atoms with van der Waals surface area (Å²) in [6.07, 6.45) is 1.54. The van der Waals surface area contributed by atoms with Crippen molar-refractivity contribution in [1.82, 2.24) is 19.3 Å². The van der Waals surface area contributed by atoms with Crippen molar-refractivity contribution in [2.24, 2.45) is 7.05 Å². The standard InChI is InChI=1S/C15H12N4O3/c1-18-10-5-2-3-6-11(10)19(15(18)20)9-13-16-14(17-22-13)12-7-4-8-21-12/h2-8H,9H2,1H3. The van der Waals surface area contributed by atoms with E-state index in [0.717, 1.165) is 11.0 Å². The maximum Gasteiger partial charge on any atom is 0.329 e. The number of imidazole rings is 1. The zero-order valence-corrected chi connectivity index (χ0v) is 11.8. The summed E-state index contributed by atoms with van der Waals surface area (Å²) in [7, 11) is 1.74. The van der Waals surface area contributed by atoms with Crippen molar-refractivity contribution >= 4 is 11.0 Å². The quantitative estimate of drug-likeness (QED) is 0.578. The average molecular weight is 296 g/mol. The second kappa shape index (κ2) is 4.73. The number of nitrogens with zero attached hydrogens (tertiary/aromatic N) is 4. The Bertz CT molecular complexity index is 992. The summed E-state index contributed by atoms with van der Waals surface area (Å²) < 4.78 is 13.6. The molecule has 0 fully saturated rings. The van der Waals surface area contributed by atoms with Crippen LogP contribution in [-0.4, -0.2) is 19.3 Å². The van der Waals surface area contributed by atoms with Crippen molar-refractivity contribution in [2.75, 3.05) is 0 Å². The zero-order valence-electron chi connectivity index (χ0n) is 11.8. The van der Waals surface area contributed by atoms with Gasteiger partial charge in [0.1, 0.15) is 6.54 Å². The first-order valence-electron chi connectivity index (χ1n) is 6.75. The Morgan fingerprint density at radius 2 is 1.95 bits per heavy atom. The summed E-state index contributed by atoms with van der Waals surface area (Å²) in [6, 6.07) is 11.1. The number of hydrogen-bond acceptors (Lipinski definition) is 5. The van der Waals surface area contributed by atoms with E-state index < -0.39 is 0 Å². The highest BCUT2D eigenvalue weighted by Gasteiger charge is 2.15. The SMILES string of the molecule is Cn1c(=O)n(Cc2nc(-c3ccco3)no2)c2ccccc21. The monoisotopic (exact) mass is 296 g/mol. The molecule has 0 atom stereocenters. The van der Waals surface area contributed by atoms with E-state index in [9.17, 15) is 4.79 Å². The van der Waals surface area contributed by atoms with Gasteiger partial charge in [0.2, 0.25) is 11.7 Å². The molecule has 7 nitrogen and oxygen atoms in total. The van der Waals surface area contributed by atoms with Crippen molar-refractivity contribution < 1.29 is 8.94 Å². The van der Waals surface area contributed by atoms with E-state index in [1.54, 1.807) is 34.6 Å². The number of aromatic nitrogens is 4. The van der Waals surface area contributed by atoms with Gasteiger partial charge in [-0.15, -0.1) is 0 Å². The third-order valence-corrected chi connectivity index (χ3v) is 3.55. The summed E-state index contributed by atoms with van der Waals surface area (Å²) in [6.45, 7) is 0.216. The Balaban J connectivity index is 1.76. The number of furan rings is 1. The van der Waals surface area contributed by atoms with Crippen LogP contribution in [0.3, 0.4) is 0 Å². The van der Waals surface area contributed by atoms with Crippen molar-refractivity contribution in [3.05, 3.63) is 59.0 Å². The molecule has 0 saturated carbocycles. The Hall–Kier alpha value is -3.09. The third-order valence-electron chi connectivity index (χ3n) is 3.55. The number of hydrogen-bond donors (Lipinski definition) is 0. The van der Waals surface area contributed by atoms with E-state index in [-0.39, 0.29) is 12.2 Å². The number of aryl methyl sites for hydroxylation is 1. The minimum Gasteiger partial charge on any atom is -0.461 e. The number of para-hydroxylation sites is 2. The van der Waals surface area contributed by atoms with Crippen LogP contribution >= 0.6 is 0 Å². The third kappa shape index (κ3) is 1.86. The number of rotatable bonds is 3. The summed E-state index contributed by atoms with van der Waals surface area (Å²) in [5, 5.41) is 3.87. The van der Waals surface area contributed by atoms with Crippen LogP contribution in [0, 0.1) is 0 Å². The molecule has 0 unspecified atom stereocenters. The smallest absolute Gasteiger partial charge is 0.329 e. The highest BCUT2D eigenvalue weighted by molar-refractivity contribution is 5.75. The first kappa shape index (κ1) is 12.6. The largest absolute Gasteiger partial charge is 0.461 e. The van der Waals surface area contributed by atoms with Crippen LogP contribution in [0.4, 0.5) is 0 Å². The molecule has 0 bridgehead atoms. The van der Waals surface area contributed by atoms with Crippen LogP contribution in [0.15, 0.2) is 56.4 Å². The predicted octanol–water partition coefficient (Wildman–Crippen LogP) is 2.03. The maximum absolute atomic E-state index is 12.3. The molecule has 0 saturated heterocycles. The maximum atomic E-state index is 12.3. The highest BCUT2D eigenvalue weighted by Crippen LogP contribution is 2.17. The molecular weight excluding hydrogens is 284 g/mol. The number of fused-ring (bicyclic) bond motifs is 1. The lowest BCUT2D eigenvalue weighted by Crippen LogP contribution is -2.22. The fourth-order valence-corrected chi connectivity index (χ4v) is 2.48. The van der Waals surface area contributed by atoms with Gasteiger partial charge < -0.3 is 8.94 Å². The molecule has 4 aromatic rings. The summed E-state index contributed by atoms with van der Waals surface area (Å²) in [4.78, 5) is 16.6. The van der Waals surface area contributed by atoms with Gasteiger partial charge in [0, 0.05) is 7.05 Å².